The van der Waals surface area contributed by atoms with E-state index in [2.05, 4.69) is 5.32 Å². The highest BCUT2D eigenvalue weighted by Gasteiger charge is 2.41. The number of carbonyl (C=O) groups is 1. The molecule has 0 saturated carbocycles. The molecule has 122 valence electrons. The van der Waals surface area contributed by atoms with Crippen molar-refractivity contribution in [2.75, 3.05) is 19.8 Å². The van der Waals surface area contributed by atoms with Crippen LogP contribution >= 0.6 is 11.6 Å². The molecule has 5 heteroatoms. The Labute approximate surface area is 136 Å². The van der Waals surface area contributed by atoms with Gasteiger partial charge in [-0.3, -0.25) is 4.79 Å². The van der Waals surface area contributed by atoms with Gasteiger partial charge in [-0.2, -0.15) is 0 Å². The summed E-state index contributed by atoms with van der Waals surface area (Å²) in [5.41, 5.74) is 0.358. The molecule has 1 heterocycles. The molecule has 0 radical (unpaired) electrons. The molecule has 1 unspecified atom stereocenters. The third kappa shape index (κ3) is 3.80. The molecule has 0 aromatic heterocycles. The lowest BCUT2D eigenvalue weighted by Crippen LogP contribution is -2.50. The smallest absolute Gasteiger partial charge is 0.230 e. The molecule has 1 aliphatic heterocycles. The average Bonchev–Trinajstić information content (AvgIpc) is 2.53. The summed E-state index contributed by atoms with van der Waals surface area (Å²) in [5.74, 6) is 0.0688. The third-order valence-electron chi connectivity index (χ3n) is 4.42. The largest absolute Gasteiger partial charge is 0.391 e. The number of amides is 1. The Bertz CT molecular complexity index is 495. The molecule has 1 amide bonds. The highest BCUT2D eigenvalue weighted by molar-refractivity contribution is 6.30. The lowest BCUT2D eigenvalue weighted by atomic mass is 9.73. The van der Waals surface area contributed by atoms with E-state index in [0.29, 0.717) is 31.1 Å². The number of nitrogens with one attached hydrogen (secondary N) is 1. The molecule has 2 rings (SSSR count). The van der Waals surface area contributed by atoms with E-state index in [1.165, 1.54) is 0 Å². The van der Waals surface area contributed by atoms with Crippen LogP contribution in [0.25, 0.3) is 0 Å². The minimum Gasteiger partial charge on any atom is -0.391 e. The maximum Gasteiger partial charge on any atom is 0.230 e. The van der Waals surface area contributed by atoms with Crippen molar-refractivity contribution in [3.63, 3.8) is 0 Å². The Morgan fingerprint density at radius 2 is 1.91 bits per heavy atom. The molecular formula is C17H24ClNO3. The number of halogens is 1. The first-order valence-electron chi connectivity index (χ1n) is 7.76. The number of rotatable bonds is 5. The van der Waals surface area contributed by atoms with Gasteiger partial charge in [-0.25, -0.2) is 0 Å². The predicted octanol–water partition coefficient (Wildman–Crippen LogP) is 2.52. The van der Waals surface area contributed by atoms with Gasteiger partial charge in [0.2, 0.25) is 5.91 Å². The second-order valence-electron chi connectivity index (χ2n) is 6.22. The highest BCUT2D eigenvalue weighted by Crippen LogP contribution is 2.35. The van der Waals surface area contributed by atoms with Crippen LogP contribution in [-0.4, -0.2) is 36.9 Å². The third-order valence-corrected chi connectivity index (χ3v) is 4.67. The number of benzene rings is 1. The summed E-state index contributed by atoms with van der Waals surface area (Å²) in [6.45, 7) is 5.25. The van der Waals surface area contributed by atoms with E-state index in [9.17, 15) is 9.90 Å². The van der Waals surface area contributed by atoms with Crippen LogP contribution in [0.15, 0.2) is 24.3 Å². The summed E-state index contributed by atoms with van der Waals surface area (Å²) < 4.78 is 5.43. The van der Waals surface area contributed by atoms with Crippen LogP contribution in [0.5, 0.6) is 0 Å². The number of carbonyl (C=O) groups excluding carboxylic acids is 1. The van der Waals surface area contributed by atoms with Crippen molar-refractivity contribution >= 4 is 17.5 Å². The SMILES string of the molecule is CC(C)C(O)CNC(=O)C1(c2ccc(Cl)cc2)CCOCC1. The zero-order valence-electron chi connectivity index (χ0n) is 13.1. The fourth-order valence-electron chi connectivity index (χ4n) is 2.74. The van der Waals surface area contributed by atoms with E-state index < -0.39 is 11.5 Å². The second kappa shape index (κ2) is 7.44. The number of hydrogen-bond donors (Lipinski definition) is 2. The second-order valence-corrected chi connectivity index (χ2v) is 6.66. The van der Waals surface area contributed by atoms with Crippen LogP contribution in [0.1, 0.15) is 32.3 Å². The summed E-state index contributed by atoms with van der Waals surface area (Å²) >= 11 is 5.95. The molecule has 0 aliphatic carbocycles. The maximum atomic E-state index is 12.8. The normalized spacial score (nSPS) is 19.0. The average molecular weight is 326 g/mol. The number of hydrogen-bond acceptors (Lipinski definition) is 3. The van der Waals surface area contributed by atoms with Gasteiger partial charge in [-0.05, 0) is 36.5 Å². The molecule has 1 aromatic rings. The molecule has 1 aliphatic rings. The van der Waals surface area contributed by atoms with Crippen molar-refractivity contribution in [3.8, 4) is 0 Å². The van der Waals surface area contributed by atoms with Crippen LogP contribution in [0.4, 0.5) is 0 Å². The Morgan fingerprint density at radius 1 is 1.32 bits per heavy atom. The lowest BCUT2D eigenvalue weighted by Gasteiger charge is -2.36. The monoisotopic (exact) mass is 325 g/mol. The lowest BCUT2D eigenvalue weighted by molar-refractivity contribution is -0.131. The van der Waals surface area contributed by atoms with E-state index in [1.54, 1.807) is 0 Å². The van der Waals surface area contributed by atoms with E-state index in [1.807, 2.05) is 38.1 Å². The molecule has 0 bridgehead atoms. The zero-order valence-corrected chi connectivity index (χ0v) is 13.9. The van der Waals surface area contributed by atoms with Gasteiger partial charge < -0.3 is 15.2 Å². The van der Waals surface area contributed by atoms with Gasteiger partial charge in [0.25, 0.3) is 0 Å². The topological polar surface area (TPSA) is 58.6 Å². The predicted molar refractivity (Wildman–Crippen MR) is 87.0 cm³/mol. The van der Waals surface area contributed by atoms with Crippen LogP contribution in [-0.2, 0) is 14.9 Å². The molecule has 2 N–H and O–H groups in total. The van der Waals surface area contributed by atoms with E-state index in [0.717, 1.165) is 5.56 Å². The standard InChI is InChI=1S/C17H24ClNO3/c1-12(2)15(20)11-19-16(21)17(7-9-22-10-8-17)13-3-5-14(18)6-4-13/h3-6,12,15,20H,7-11H2,1-2H3,(H,19,21). The van der Waals surface area contributed by atoms with Crippen LogP contribution in [0.2, 0.25) is 5.02 Å². The van der Waals surface area contributed by atoms with Crippen molar-refractivity contribution in [2.24, 2.45) is 5.92 Å². The fraction of sp³-hybridized carbons (Fsp3) is 0.588. The zero-order chi connectivity index (χ0) is 16.2. The Hall–Kier alpha value is -1.10. The van der Waals surface area contributed by atoms with Crippen LogP contribution in [0.3, 0.4) is 0 Å². The Balaban J connectivity index is 2.18. The molecule has 1 fully saturated rings. The maximum absolute atomic E-state index is 12.8. The van der Waals surface area contributed by atoms with Gasteiger partial charge in [-0.1, -0.05) is 37.6 Å². The van der Waals surface area contributed by atoms with Crippen molar-refractivity contribution in [1.29, 1.82) is 0 Å². The van der Waals surface area contributed by atoms with Crippen molar-refractivity contribution in [2.45, 2.75) is 38.2 Å². The van der Waals surface area contributed by atoms with Crippen molar-refractivity contribution < 1.29 is 14.6 Å². The molecule has 0 spiro atoms. The molecular weight excluding hydrogens is 302 g/mol. The van der Waals surface area contributed by atoms with Crippen molar-refractivity contribution in [3.05, 3.63) is 34.9 Å². The molecule has 1 atom stereocenters. The van der Waals surface area contributed by atoms with Gasteiger partial charge in [0.1, 0.15) is 0 Å². The van der Waals surface area contributed by atoms with Gasteiger partial charge in [0.05, 0.1) is 11.5 Å². The highest BCUT2D eigenvalue weighted by atomic mass is 35.5. The van der Waals surface area contributed by atoms with E-state index in [4.69, 9.17) is 16.3 Å². The quantitative estimate of drug-likeness (QED) is 0.874. The summed E-state index contributed by atoms with van der Waals surface area (Å²) in [5, 5.41) is 13.5. The van der Waals surface area contributed by atoms with Gasteiger partial charge in [0, 0.05) is 24.8 Å². The number of aliphatic hydroxyl groups excluding tert-OH is 1. The van der Waals surface area contributed by atoms with Gasteiger partial charge in [-0.15, -0.1) is 0 Å². The number of ether oxygens (including phenoxy) is 1. The fourth-order valence-corrected chi connectivity index (χ4v) is 2.86. The molecule has 1 saturated heterocycles. The van der Waals surface area contributed by atoms with Crippen LogP contribution < -0.4 is 5.32 Å². The minimum atomic E-state index is -0.598. The summed E-state index contributed by atoms with van der Waals surface area (Å²) in [7, 11) is 0. The Kier molecular flexibility index (Phi) is 5.84. The first-order chi connectivity index (χ1) is 10.5. The van der Waals surface area contributed by atoms with E-state index in [-0.39, 0.29) is 18.4 Å². The summed E-state index contributed by atoms with van der Waals surface area (Å²) in [6.07, 6.45) is 0.738. The molecule has 22 heavy (non-hydrogen) atoms. The van der Waals surface area contributed by atoms with E-state index >= 15 is 0 Å². The number of aliphatic hydroxyl groups is 1. The summed E-state index contributed by atoms with van der Waals surface area (Å²) in [4.78, 5) is 12.8. The minimum absolute atomic E-state index is 0.0437. The Morgan fingerprint density at radius 3 is 2.45 bits per heavy atom. The molecule has 1 aromatic carbocycles. The van der Waals surface area contributed by atoms with Crippen LogP contribution in [0, 0.1) is 5.92 Å². The molecule has 4 nitrogen and oxygen atoms in total. The van der Waals surface area contributed by atoms with Gasteiger partial charge >= 0.3 is 0 Å². The summed E-state index contributed by atoms with van der Waals surface area (Å²) in [6, 6.07) is 7.44. The first-order valence-corrected chi connectivity index (χ1v) is 8.13. The first kappa shape index (κ1) is 17.3. The van der Waals surface area contributed by atoms with Gasteiger partial charge in [0.15, 0.2) is 0 Å². The van der Waals surface area contributed by atoms with Crippen molar-refractivity contribution in [1.82, 2.24) is 5.32 Å².